The van der Waals surface area contributed by atoms with Crippen molar-refractivity contribution < 1.29 is 18.5 Å². The van der Waals surface area contributed by atoms with Gasteiger partial charge in [-0.15, -0.1) is 0 Å². The first-order valence-corrected chi connectivity index (χ1v) is 14.0. The number of nitrogens with zero attached hydrogens (tertiary/aromatic N) is 1. The Balaban J connectivity index is 2.59. The zero-order chi connectivity index (χ0) is 24.9. The average Bonchev–Trinajstić information content (AvgIpc) is 2.84. The van der Waals surface area contributed by atoms with Crippen molar-refractivity contribution >= 4 is 8.53 Å². The van der Waals surface area contributed by atoms with E-state index < -0.39 is 8.53 Å². The lowest BCUT2D eigenvalue weighted by atomic mass is 9.86. The monoisotopic (exact) mass is 491 g/mol. The molecule has 2 rings (SSSR count). The van der Waals surface area contributed by atoms with Gasteiger partial charge in [0.15, 0.2) is 0 Å². The van der Waals surface area contributed by atoms with E-state index in [0.29, 0.717) is 19.1 Å². The van der Waals surface area contributed by atoms with Gasteiger partial charge >= 0.3 is 0 Å². The summed E-state index contributed by atoms with van der Waals surface area (Å²) in [4.78, 5) is 0. The molecule has 3 atom stereocenters. The minimum atomic E-state index is -1.27. The molecule has 34 heavy (non-hydrogen) atoms. The van der Waals surface area contributed by atoms with E-state index in [1.165, 1.54) is 12.0 Å². The van der Waals surface area contributed by atoms with Gasteiger partial charge in [0.25, 0.3) is 8.53 Å². The molecule has 0 aliphatic heterocycles. The van der Waals surface area contributed by atoms with E-state index in [2.05, 4.69) is 63.6 Å². The number of ether oxygens (including phenoxy) is 2. The van der Waals surface area contributed by atoms with Crippen LogP contribution in [0, 0.1) is 5.92 Å². The summed E-state index contributed by atoms with van der Waals surface area (Å²) in [7, 11) is 2.23. The molecular weight excluding hydrogens is 445 g/mol. The van der Waals surface area contributed by atoms with Crippen LogP contribution in [0.25, 0.3) is 0 Å². The molecule has 6 heteroatoms. The number of allylic oxidation sites excluding steroid dienone is 2. The van der Waals surface area contributed by atoms with Gasteiger partial charge in [0.05, 0.1) is 33.5 Å². The number of para-hydroxylation sites is 1. The van der Waals surface area contributed by atoms with Gasteiger partial charge in [0.2, 0.25) is 0 Å². The van der Waals surface area contributed by atoms with Crippen LogP contribution in [-0.4, -0.2) is 38.1 Å². The standard InChI is InChI=1S/C28H46NO4P/c1-8-10-14-20-33-34(32-19-11-9-2)29(22(3)4)28(24-15-12-13-16-26(24)30-6)25-21-23(5)17-18-27(25)31-7/h12-13,15-18,22-23,28H,8-11,14,19-21H2,1-7H3. The number of benzene rings is 1. The molecule has 1 aliphatic rings. The minimum absolute atomic E-state index is 0.0718. The molecule has 0 radical (unpaired) electrons. The van der Waals surface area contributed by atoms with Crippen LogP contribution in [0.4, 0.5) is 0 Å². The third kappa shape index (κ3) is 8.09. The quantitative estimate of drug-likeness (QED) is 0.172. The summed E-state index contributed by atoms with van der Waals surface area (Å²) in [6, 6.07) is 8.44. The van der Waals surface area contributed by atoms with Gasteiger partial charge in [-0.1, -0.05) is 64.3 Å². The molecule has 0 spiro atoms. The fraction of sp³-hybridized carbons (Fsp3) is 0.643. The van der Waals surface area contributed by atoms with Gasteiger partial charge in [-0.3, -0.25) is 0 Å². The SMILES string of the molecule is CCCCCOP(OCCCC)N(C(C)C)C(C1=C(OC)C=CC(C)C1)c1ccccc1OC. The number of hydrogen-bond acceptors (Lipinski definition) is 5. The Hall–Kier alpha value is -1.39. The van der Waals surface area contributed by atoms with Crippen molar-refractivity contribution in [3.63, 3.8) is 0 Å². The maximum absolute atomic E-state index is 6.52. The zero-order valence-electron chi connectivity index (χ0n) is 22.4. The van der Waals surface area contributed by atoms with Crippen LogP contribution < -0.4 is 4.74 Å². The van der Waals surface area contributed by atoms with Crippen LogP contribution in [0.15, 0.2) is 47.7 Å². The Morgan fingerprint density at radius 1 is 0.971 bits per heavy atom. The summed E-state index contributed by atoms with van der Waals surface area (Å²) in [5.41, 5.74) is 2.37. The molecule has 0 amide bonds. The molecule has 0 heterocycles. The Kier molecular flexibility index (Phi) is 13.2. The second-order valence-electron chi connectivity index (χ2n) is 9.22. The van der Waals surface area contributed by atoms with E-state index in [1.807, 2.05) is 12.1 Å². The van der Waals surface area contributed by atoms with E-state index in [1.54, 1.807) is 14.2 Å². The van der Waals surface area contributed by atoms with Crippen molar-refractivity contribution in [3.8, 4) is 5.75 Å². The highest BCUT2D eigenvalue weighted by atomic mass is 31.2. The number of rotatable bonds is 16. The number of unbranched alkanes of at least 4 members (excludes halogenated alkanes) is 3. The van der Waals surface area contributed by atoms with E-state index in [0.717, 1.165) is 49.2 Å². The summed E-state index contributed by atoms with van der Waals surface area (Å²) in [6.45, 7) is 12.5. The van der Waals surface area contributed by atoms with Gasteiger partial charge in [-0.2, -0.15) is 0 Å². The molecule has 1 aromatic rings. The van der Waals surface area contributed by atoms with Gasteiger partial charge in [0.1, 0.15) is 11.5 Å². The van der Waals surface area contributed by atoms with Gasteiger partial charge in [-0.05, 0) is 56.7 Å². The summed E-state index contributed by atoms with van der Waals surface area (Å²) < 4.78 is 27.2. The Bertz CT molecular complexity index is 779. The van der Waals surface area contributed by atoms with E-state index in [4.69, 9.17) is 18.5 Å². The van der Waals surface area contributed by atoms with Crippen LogP contribution in [-0.2, 0) is 13.8 Å². The van der Waals surface area contributed by atoms with Gasteiger partial charge in [-0.25, -0.2) is 4.67 Å². The summed E-state index contributed by atoms with van der Waals surface area (Å²) in [5.74, 6) is 2.23. The lowest BCUT2D eigenvalue weighted by Crippen LogP contribution is -2.34. The van der Waals surface area contributed by atoms with E-state index >= 15 is 0 Å². The van der Waals surface area contributed by atoms with Gasteiger partial charge < -0.3 is 18.5 Å². The molecule has 1 aliphatic carbocycles. The van der Waals surface area contributed by atoms with Crippen molar-refractivity contribution in [1.82, 2.24) is 4.67 Å². The van der Waals surface area contributed by atoms with Crippen molar-refractivity contribution in [2.75, 3.05) is 27.4 Å². The Morgan fingerprint density at radius 2 is 1.65 bits per heavy atom. The molecule has 0 saturated carbocycles. The smallest absolute Gasteiger partial charge is 0.259 e. The molecule has 5 nitrogen and oxygen atoms in total. The lowest BCUT2D eigenvalue weighted by molar-refractivity contribution is 0.165. The molecule has 0 saturated heterocycles. The third-order valence-corrected chi connectivity index (χ3v) is 7.93. The molecule has 0 bridgehead atoms. The fourth-order valence-corrected chi connectivity index (χ4v) is 5.98. The Labute approximate surface area is 209 Å². The van der Waals surface area contributed by atoms with Crippen molar-refractivity contribution in [3.05, 3.63) is 53.3 Å². The first kappa shape index (κ1) is 28.8. The summed E-state index contributed by atoms with van der Waals surface area (Å²) in [6.07, 6.45) is 10.8. The highest BCUT2D eigenvalue weighted by Gasteiger charge is 2.38. The predicted molar refractivity (Wildman–Crippen MR) is 143 cm³/mol. The van der Waals surface area contributed by atoms with Crippen LogP contribution in [0.2, 0.25) is 0 Å². The third-order valence-electron chi connectivity index (χ3n) is 6.05. The fourth-order valence-electron chi connectivity index (χ4n) is 4.24. The highest BCUT2D eigenvalue weighted by molar-refractivity contribution is 7.44. The van der Waals surface area contributed by atoms with Crippen LogP contribution in [0.1, 0.15) is 84.7 Å². The summed E-state index contributed by atoms with van der Waals surface area (Å²) in [5, 5.41) is 0. The largest absolute Gasteiger partial charge is 0.497 e. The lowest BCUT2D eigenvalue weighted by Gasteiger charge is -2.41. The van der Waals surface area contributed by atoms with E-state index in [-0.39, 0.29) is 12.1 Å². The van der Waals surface area contributed by atoms with Gasteiger partial charge in [0, 0.05) is 11.6 Å². The normalized spacial score (nSPS) is 18.0. The van der Waals surface area contributed by atoms with Crippen LogP contribution >= 0.6 is 8.53 Å². The van der Waals surface area contributed by atoms with Crippen molar-refractivity contribution in [2.24, 2.45) is 5.92 Å². The van der Waals surface area contributed by atoms with Crippen molar-refractivity contribution in [2.45, 2.75) is 85.2 Å². The second-order valence-corrected chi connectivity index (χ2v) is 10.7. The molecule has 0 fully saturated rings. The minimum Gasteiger partial charge on any atom is -0.497 e. The second kappa shape index (κ2) is 15.6. The predicted octanol–water partition coefficient (Wildman–Crippen LogP) is 8.19. The summed E-state index contributed by atoms with van der Waals surface area (Å²) >= 11 is 0. The zero-order valence-corrected chi connectivity index (χ0v) is 23.3. The topological polar surface area (TPSA) is 40.2 Å². The Morgan fingerprint density at radius 3 is 2.26 bits per heavy atom. The van der Waals surface area contributed by atoms with E-state index in [9.17, 15) is 0 Å². The molecule has 3 unspecified atom stereocenters. The highest BCUT2D eigenvalue weighted by Crippen LogP contribution is 2.54. The maximum Gasteiger partial charge on any atom is 0.259 e. The number of hydrogen-bond donors (Lipinski definition) is 0. The first-order valence-electron chi connectivity index (χ1n) is 12.9. The molecule has 1 aromatic carbocycles. The first-order chi connectivity index (χ1) is 16.5. The van der Waals surface area contributed by atoms with Crippen LogP contribution in [0.3, 0.4) is 0 Å². The number of methoxy groups -OCH3 is 2. The van der Waals surface area contributed by atoms with Crippen LogP contribution in [0.5, 0.6) is 5.75 Å². The van der Waals surface area contributed by atoms with Crippen molar-refractivity contribution in [1.29, 1.82) is 0 Å². The molecule has 192 valence electrons. The molecule has 0 N–H and O–H groups in total. The average molecular weight is 492 g/mol. The molecule has 0 aromatic heterocycles. The molecular formula is C28H46NO4P. The maximum atomic E-state index is 6.52.